The number of amides is 1. The summed E-state index contributed by atoms with van der Waals surface area (Å²) in [5, 5.41) is 2.94. The van der Waals surface area contributed by atoms with Gasteiger partial charge in [-0.25, -0.2) is 9.78 Å². The van der Waals surface area contributed by atoms with E-state index in [4.69, 9.17) is 4.74 Å². The van der Waals surface area contributed by atoms with E-state index < -0.39 is 17.2 Å². The van der Waals surface area contributed by atoms with Crippen molar-refractivity contribution in [3.05, 3.63) is 62.4 Å². The molecular formula is C24H30N4O4. The number of aromatic amines is 1. The average Bonchev–Trinajstić information content (AvgIpc) is 2.70. The van der Waals surface area contributed by atoms with E-state index in [1.54, 1.807) is 30.3 Å². The summed E-state index contributed by atoms with van der Waals surface area (Å²) >= 11 is 0. The summed E-state index contributed by atoms with van der Waals surface area (Å²) in [6, 6.07) is 8.64. The number of pyridine rings is 1. The zero-order valence-corrected chi connectivity index (χ0v) is 19.4. The molecule has 2 aromatic heterocycles. The Balaban J connectivity index is 2.11. The highest BCUT2D eigenvalue weighted by Gasteiger charge is 2.21. The van der Waals surface area contributed by atoms with Crippen LogP contribution in [0.25, 0.3) is 11.0 Å². The second kappa shape index (κ2) is 9.38. The zero-order valence-electron chi connectivity index (χ0n) is 19.4. The van der Waals surface area contributed by atoms with Gasteiger partial charge in [0.15, 0.2) is 5.65 Å². The Kier molecular flexibility index (Phi) is 6.81. The van der Waals surface area contributed by atoms with E-state index in [9.17, 15) is 14.4 Å². The largest absolute Gasteiger partial charge is 0.491 e. The molecule has 0 saturated carbocycles. The lowest BCUT2D eigenvalue weighted by molar-refractivity contribution is 0.102. The first-order chi connectivity index (χ1) is 15.1. The number of nitrogens with zero attached hydrogens (tertiary/aromatic N) is 2. The predicted octanol–water partition coefficient (Wildman–Crippen LogP) is 3.90. The van der Waals surface area contributed by atoms with Gasteiger partial charge in [-0.2, -0.15) is 0 Å². The first-order valence-corrected chi connectivity index (χ1v) is 10.8. The number of ether oxygens (including phenoxy) is 1. The first kappa shape index (κ1) is 23.2. The molecule has 0 fully saturated rings. The number of hydrogen-bond donors (Lipinski definition) is 2. The van der Waals surface area contributed by atoms with E-state index in [2.05, 4.69) is 15.3 Å². The van der Waals surface area contributed by atoms with Crippen molar-refractivity contribution in [1.29, 1.82) is 0 Å². The predicted molar refractivity (Wildman–Crippen MR) is 126 cm³/mol. The fourth-order valence-corrected chi connectivity index (χ4v) is 3.39. The van der Waals surface area contributed by atoms with Gasteiger partial charge in [0.2, 0.25) is 0 Å². The molecule has 0 atom stereocenters. The number of nitrogens with one attached hydrogen (secondary N) is 2. The molecule has 3 aromatic rings. The Morgan fingerprint density at radius 3 is 2.31 bits per heavy atom. The van der Waals surface area contributed by atoms with Crippen molar-refractivity contribution in [2.45, 2.75) is 60.1 Å². The van der Waals surface area contributed by atoms with Gasteiger partial charge in [0, 0.05) is 17.9 Å². The summed E-state index contributed by atoms with van der Waals surface area (Å²) in [6.45, 7) is 12.1. The summed E-state index contributed by atoms with van der Waals surface area (Å²) in [4.78, 5) is 45.4. The molecule has 0 bridgehead atoms. The molecule has 32 heavy (non-hydrogen) atoms. The second-order valence-corrected chi connectivity index (χ2v) is 8.86. The minimum absolute atomic E-state index is 0.000283. The van der Waals surface area contributed by atoms with Gasteiger partial charge in [0.1, 0.15) is 5.75 Å². The number of aromatic nitrogens is 3. The lowest BCUT2D eigenvalue weighted by atomic mass is 10.0. The van der Waals surface area contributed by atoms with Gasteiger partial charge in [-0.05, 0) is 56.0 Å². The smallest absolute Gasteiger partial charge is 0.330 e. The highest BCUT2D eigenvalue weighted by atomic mass is 16.5. The third-order valence-corrected chi connectivity index (χ3v) is 4.84. The molecule has 0 unspecified atom stereocenters. The van der Waals surface area contributed by atoms with Gasteiger partial charge in [0.25, 0.3) is 11.5 Å². The topological polar surface area (TPSA) is 106 Å². The maximum Gasteiger partial charge on any atom is 0.330 e. The molecule has 1 aromatic carbocycles. The Morgan fingerprint density at radius 2 is 1.75 bits per heavy atom. The molecule has 1 amide bonds. The van der Waals surface area contributed by atoms with Crippen LogP contribution in [0, 0.1) is 5.92 Å². The van der Waals surface area contributed by atoms with E-state index in [0.717, 1.165) is 0 Å². The molecule has 0 radical (unpaired) electrons. The average molecular weight is 439 g/mol. The SMILES string of the molecule is CC(C)Cn1c(=O)[nH]c(=O)c2c(C(=O)Nc3ccc(OC(C)C)cc3)cc(C(C)C)nc21. The highest BCUT2D eigenvalue weighted by molar-refractivity contribution is 6.11. The molecule has 2 heterocycles. The lowest BCUT2D eigenvalue weighted by Crippen LogP contribution is -2.33. The van der Waals surface area contributed by atoms with Crippen LogP contribution in [0.4, 0.5) is 5.69 Å². The quantitative estimate of drug-likeness (QED) is 0.582. The molecule has 2 N–H and O–H groups in total. The summed E-state index contributed by atoms with van der Waals surface area (Å²) in [7, 11) is 0. The maximum absolute atomic E-state index is 13.2. The van der Waals surface area contributed by atoms with Gasteiger partial charge < -0.3 is 10.1 Å². The van der Waals surface area contributed by atoms with Crippen LogP contribution in [0.15, 0.2) is 39.9 Å². The lowest BCUT2D eigenvalue weighted by Gasteiger charge is -2.16. The summed E-state index contributed by atoms with van der Waals surface area (Å²) in [5.41, 5.74) is 0.444. The van der Waals surface area contributed by atoms with Crippen molar-refractivity contribution in [3.8, 4) is 5.75 Å². The molecule has 170 valence electrons. The number of benzene rings is 1. The van der Waals surface area contributed by atoms with Gasteiger partial charge in [-0.15, -0.1) is 0 Å². The van der Waals surface area contributed by atoms with E-state index in [1.165, 1.54) is 4.57 Å². The van der Waals surface area contributed by atoms with Crippen LogP contribution >= 0.6 is 0 Å². The molecule has 0 aliphatic rings. The Bertz CT molecular complexity index is 1240. The van der Waals surface area contributed by atoms with Crippen LogP contribution in [0.1, 0.15) is 63.5 Å². The third kappa shape index (κ3) is 5.07. The maximum atomic E-state index is 13.2. The number of carbonyl (C=O) groups excluding carboxylic acids is 1. The summed E-state index contributed by atoms with van der Waals surface area (Å²) in [6.07, 6.45) is 0.0447. The van der Waals surface area contributed by atoms with Crippen LogP contribution in [0.5, 0.6) is 5.75 Å². The number of rotatable bonds is 7. The fraction of sp³-hybridized carbons (Fsp3) is 0.417. The molecule has 3 rings (SSSR count). The monoisotopic (exact) mass is 438 g/mol. The highest BCUT2D eigenvalue weighted by Crippen LogP contribution is 2.22. The zero-order chi connectivity index (χ0) is 23.6. The standard InChI is InChI=1S/C24H30N4O4/c1-13(2)12-28-21-20(23(30)27-24(28)31)18(11-19(26-21)14(3)4)22(29)25-16-7-9-17(10-8-16)32-15(5)6/h7-11,13-15H,12H2,1-6H3,(H,25,29)(H,27,30,31). The minimum Gasteiger partial charge on any atom is -0.491 e. The number of fused-ring (bicyclic) bond motifs is 1. The molecule has 0 aliphatic heterocycles. The number of carbonyl (C=O) groups is 1. The Morgan fingerprint density at radius 1 is 1.09 bits per heavy atom. The first-order valence-electron chi connectivity index (χ1n) is 10.8. The van der Waals surface area contributed by atoms with Crippen molar-refractivity contribution in [3.63, 3.8) is 0 Å². The van der Waals surface area contributed by atoms with Gasteiger partial charge in [-0.1, -0.05) is 27.7 Å². The van der Waals surface area contributed by atoms with E-state index >= 15 is 0 Å². The molecular weight excluding hydrogens is 408 g/mol. The fourth-order valence-electron chi connectivity index (χ4n) is 3.39. The minimum atomic E-state index is -0.626. The van der Waals surface area contributed by atoms with Crippen molar-refractivity contribution >= 4 is 22.6 Å². The van der Waals surface area contributed by atoms with Gasteiger partial charge >= 0.3 is 5.69 Å². The van der Waals surface area contributed by atoms with Crippen molar-refractivity contribution in [2.24, 2.45) is 5.92 Å². The molecule has 0 spiro atoms. The van der Waals surface area contributed by atoms with Crippen molar-refractivity contribution < 1.29 is 9.53 Å². The second-order valence-electron chi connectivity index (χ2n) is 8.86. The van der Waals surface area contributed by atoms with Crippen molar-refractivity contribution in [1.82, 2.24) is 14.5 Å². The molecule has 8 heteroatoms. The normalized spacial score (nSPS) is 11.5. The van der Waals surface area contributed by atoms with E-state index in [1.807, 2.05) is 41.5 Å². The molecule has 0 saturated heterocycles. The van der Waals surface area contributed by atoms with Crippen LogP contribution in [0.2, 0.25) is 0 Å². The van der Waals surface area contributed by atoms with Crippen LogP contribution in [-0.4, -0.2) is 26.5 Å². The van der Waals surface area contributed by atoms with Gasteiger partial charge in [0.05, 0.1) is 17.1 Å². The third-order valence-electron chi connectivity index (χ3n) is 4.84. The number of anilines is 1. The summed E-state index contributed by atoms with van der Waals surface area (Å²) < 4.78 is 7.06. The van der Waals surface area contributed by atoms with E-state index in [-0.39, 0.29) is 34.5 Å². The Hall–Kier alpha value is -3.42. The number of H-pyrrole nitrogens is 1. The van der Waals surface area contributed by atoms with Crippen LogP contribution in [-0.2, 0) is 6.54 Å². The number of hydrogen-bond acceptors (Lipinski definition) is 5. The summed E-state index contributed by atoms with van der Waals surface area (Å²) in [5.74, 6) is 0.399. The van der Waals surface area contributed by atoms with Crippen LogP contribution < -0.4 is 21.3 Å². The Labute approximate surface area is 186 Å². The van der Waals surface area contributed by atoms with E-state index in [0.29, 0.717) is 23.7 Å². The molecule has 0 aliphatic carbocycles. The molecule has 8 nitrogen and oxygen atoms in total. The van der Waals surface area contributed by atoms with Crippen molar-refractivity contribution in [2.75, 3.05) is 5.32 Å². The van der Waals surface area contributed by atoms with Crippen LogP contribution in [0.3, 0.4) is 0 Å². The van der Waals surface area contributed by atoms with Gasteiger partial charge in [-0.3, -0.25) is 19.1 Å².